The zero-order valence-electron chi connectivity index (χ0n) is 14.5. The lowest BCUT2D eigenvalue weighted by Gasteiger charge is -2.47. The zero-order chi connectivity index (χ0) is 17.4. The Hall–Kier alpha value is -2.87. The van der Waals surface area contributed by atoms with Gasteiger partial charge in [0.05, 0.1) is 12.0 Å². The maximum absolute atomic E-state index is 13.0. The first kappa shape index (κ1) is 15.6. The maximum Gasteiger partial charge on any atom is 0.237 e. The molecule has 124 valence electrons. The molecular weight excluding hydrogens is 306 g/mol. The maximum atomic E-state index is 13.0. The zero-order valence-corrected chi connectivity index (χ0v) is 14.5. The van der Waals surface area contributed by atoms with E-state index in [2.05, 4.69) is 62.4 Å². The largest absolute Gasteiger partial charge is 0.303 e. The fraction of sp³-hybridized carbons (Fsp3) is 0.174. The molecule has 0 aromatic heterocycles. The Kier molecular flexibility index (Phi) is 3.89. The van der Waals surface area contributed by atoms with Crippen LogP contribution in [-0.4, -0.2) is 5.91 Å². The van der Waals surface area contributed by atoms with Crippen molar-refractivity contribution in [2.45, 2.75) is 25.8 Å². The Balaban J connectivity index is 1.77. The minimum atomic E-state index is -0.120. The number of carbonyl (C=O) groups is 1. The van der Waals surface area contributed by atoms with Gasteiger partial charge in [0.2, 0.25) is 5.91 Å². The van der Waals surface area contributed by atoms with E-state index in [9.17, 15) is 4.79 Å². The van der Waals surface area contributed by atoms with Crippen molar-refractivity contribution in [3.8, 4) is 0 Å². The van der Waals surface area contributed by atoms with Crippen LogP contribution in [0.4, 0.5) is 5.69 Å². The lowest BCUT2D eigenvalue weighted by atomic mass is 9.77. The Morgan fingerprint density at radius 2 is 1.24 bits per heavy atom. The Morgan fingerprint density at radius 3 is 1.84 bits per heavy atom. The van der Waals surface area contributed by atoms with E-state index in [4.69, 9.17) is 0 Å². The van der Waals surface area contributed by atoms with Gasteiger partial charge in [0, 0.05) is 5.69 Å². The molecule has 0 spiro atoms. The van der Waals surface area contributed by atoms with Crippen LogP contribution >= 0.6 is 0 Å². The Bertz CT molecular complexity index is 882. The van der Waals surface area contributed by atoms with Crippen molar-refractivity contribution in [3.05, 3.63) is 101 Å². The molecule has 3 aromatic rings. The van der Waals surface area contributed by atoms with Crippen molar-refractivity contribution in [2.75, 3.05) is 4.90 Å². The van der Waals surface area contributed by atoms with Crippen LogP contribution < -0.4 is 4.90 Å². The standard InChI is InChI=1S/C23H21NO/c1-16-8-12-19(13-9-16)22-21(18-6-4-3-5-7-18)23(25)24(22)20-14-10-17(2)11-15-20/h3-15,21-22H,1-2H3/t21-,22-/m1/s1. The highest BCUT2D eigenvalue weighted by molar-refractivity contribution is 6.06. The van der Waals surface area contributed by atoms with Crippen molar-refractivity contribution in [1.82, 2.24) is 0 Å². The summed E-state index contributed by atoms with van der Waals surface area (Å²) in [4.78, 5) is 15.0. The number of anilines is 1. The molecule has 0 unspecified atom stereocenters. The van der Waals surface area contributed by atoms with Gasteiger partial charge in [0.25, 0.3) is 0 Å². The van der Waals surface area contributed by atoms with Crippen molar-refractivity contribution in [1.29, 1.82) is 0 Å². The van der Waals surface area contributed by atoms with Gasteiger partial charge in [-0.2, -0.15) is 0 Å². The highest BCUT2D eigenvalue weighted by atomic mass is 16.2. The lowest BCUT2D eigenvalue weighted by molar-refractivity contribution is -0.126. The number of carbonyl (C=O) groups excluding carboxylic acids is 1. The molecule has 0 saturated carbocycles. The van der Waals surface area contributed by atoms with Crippen LogP contribution in [-0.2, 0) is 4.79 Å². The predicted molar refractivity (Wildman–Crippen MR) is 102 cm³/mol. The number of β-lactam (4-membered cyclic amide) rings is 1. The van der Waals surface area contributed by atoms with Gasteiger partial charge in [-0.25, -0.2) is 0 Å². The van der Waals surface area contributed by atoms with Crippen LogP contribution in [0.15, 0.2) is 78.9 Å². The predicted octanol–water partition coefficient (Wildman–Crippen LogP) is 5.18. The summed E-state index contributed by atoms with van der Waals surface area (Å²) in [7, 11) is 0. The molecule has 2 nitrogen and oxygen atoms in total. The average Bonchev–Trinajstić information content (AvgIpc) is 2.63. The summed E-state index contributed by atoms with van der Waals surface area (Å²) in [6, 6.07) is 26.9. The summed E-state index contributed by atoms with van der Waals surface area (Å²) in [5.74, 6) is 0.0471. The van der Waals surface area contributed by atoms with E-state index in [0.29, 0.717) is 0 Å². The van der Waals surface area contributed by atoms with Crippen molar-refractivity contribution in [3.63, 3.8) is 0 Å². The van der Waals surface area contributed by atoms with Gasteiger partial charge in [-0.05, 0) is 37.1 Å². The molecular formula is C23H21NO. The molecule has 3 aromatic carbocycles. The fourth-order valence-electron chi connectivity index (χ4n) is 3.57. The van der Waals surface area contributed by atoms with E-state index in [-0.39, 0.29) is 17.9 Å². The topological polar surface area (TPSA) is 20.3 Å². The summed E-state index contributed by atoms with van der Waals surface area (Å²) >= 11 is 0. The van der Waals surface area contributed by atoms with Crippen LogP contribution in [0, 0.1) is 13.8 Å². The normalized spacial score (nSPS) is 19.6. The Labute approximate surface area is 148 Å². The van der Waals surface area contributed by atoms with Gasteiger partial charge < -0.3 is 4.90 Å². The number of hydrogen-bond acceptors (Lipinski definition) is 1. The molecule has 0 radical (unpaired) electrons. The number of hydrogen-bond donors (Lipinski definition) is 0. The molecule has 1 fully saturated rings. The summed E-state index contributed by atoms with van der Waals surface area (Å²) in [5.41, 5.74) is 5.66. The third-order valence-corrected chi connectivity index (χ3v) is 4.99. The number of aryl methyl sites for hydroxylation is 2. The van der Waals surface area contributed by atoms with Gasteiger partial charge in [0.1, 0.15) is 0 Å². The molecule has 0 aliphatic carbocycles. The van der Waals surface area contributed by atoms with Gasteiger partial charge in [0.15, 0.2) is 0 Å². The molecule has 1 heterocycles. The number of nitrogens with zero attached hydrogens (tertiary/aromatic N) is 1. The first-order chi connectivity index (χ1) is 12.1. The smallest absolute Gasteiger partial charge is 0.237 e. The molecule has 4 rings (SSSR count). The molecule has 25 heavy (non-hydrogen) atoms. The van der Waals surface area contributed by atoms with Crippen molar-refractivity contribution >= 4 is 11.6 Å². The molecule has 0 bridgehead atoms. The lowest BCUT2D eigenvalue weighted by Crippen LogP contribution is -2.53. The molecule has 2 heteroatoms. The van der Waals surface area contributed by atoms with Gasteiger partial charge >= 0.3 is 0 Å². The third kappa shape index (κ3) is 2.74. The molecule has 1 aliphatic heterocycles. The van der Waals surface area contributed by atoms with E-state index in [0.717, 1.165) is 11.3 Å². The number of rotatable bonds is 3. The summed E-state index contributed by atoms with van der Waals surface area (Å²) in [6.45, 7) is 4.15. The van der Waals surface area contributed by atoms with Gasteiger partial charge in [-0.3, -0.25) is 4.79 Å². The summed E-state index contributed by atoms with van der Waals surface area (Å²) < 4.78 is 0. The van der Waals surface area contributed by atoms with Crippen LogP contribution in [0.5, 0.6) is 0 Å². The fourth-order valence-corrected chi connectivity index (χ4v) is 3.57. The SMILES string of the molecule is Cc1ccc([C@@H]2[C@@H](c3ccccc3)C(=O)N2c2ccc(C)cc2)cc1. The molecule has 0 N–H and O–H groups in total. The highest BCUT2D eigenvalue weighted by Gasteiger charge is 2.49. The third-order valence-electron chi connectivity index (χ3n) is 4.99. The first-order valence-corrected chi connectivity index (χ1v) is 8.66. The summed E-state index contributed by atoms with van der Waals surface area (Å²) in [6.07, 6.45) is 0. The molecule has 1 saturated heterocycles. The van der Waals surface area contributed by atoms with Crippen LogP contribution in [0.2, 0.25) is 0 Å². The molecule has 2 atom stereocenters. The minimum Gasteiger partial charge on any atom is -0.303 e. The van der Waals surface area contributed by atoms with E-state index < -0.39 is 0 Å². The Morgan fingerprint density at radius 1 is 0.680 bits per heavy atom. The first-order valence-electron chi connectivity index (χ1n) is 8.66. The van der Waals surface area contributed by atoms with Crippen LogP contribution in [0.1, 0.15) is 34.2 Å². The van der Waals surface area contributed by atoms with Crippen molar-refractivity contribution < 1.29 is 4.79 Å². The quantitative estimate of drug-likeness (QED) is 0.607. The average molecular weight is 327 g/mol. The van der Waals surface area contributed by atoms with E-state index in [1.165, 1.54) is 16.7 Å². The second kappa shape index (κ2) is 6.21. The van der Waals surface area contributed by atoms with Gasteiger partial charge in [-0.15, -0.1) is 0 Å². The number of amides is 1. The van der Waals surface area contributed by atoms with Crippen molar-refractivity contribution in [2.24, 2.45) is 0 Å². The van der Waals surface area contributed by atoms with Gasteiger partial charge in [-0.1, -0.05) is 77.9 Å². The van der Waals surface area contributed by atoms with E-state index >= 15 is 0 Å². The van der Waals surface area contributed by atoms with Crippen LogP contribution in [0.3, 0.4) is 0 Å². The summed E-state index contributed by atoms with van der Waals surface area (Å²) in [5, 5.41) is 0. The second-order valence-electron chi connectivity index (χ2n) is 6.79. The van der Waals surface area contributed by atoms with E-state index in [1.54, 1.807) is 0 Å². The molecule has 1 amide bonds. The van der Waals surface area contributed by atoms with Crippen LogP contribution in [0.25, 0.3) is 0 Å². The number of benzene rings is 3. The second-order valence-corrected chi connectivity index (χ2v) is 6.79. The highest BCUT2D eigenvalue weighted by Crippen LogP contribution is 2.48. The van der Waals surface area contributed by atoms with E-state index in [1.807, 2.05) is 35.2 Å². The molecule has 1 aliphatic rings. The minimum absolute atomic E-state index is 0.0400. The monoisotopic (exact) mass is 327 g/mol.